The van der Waals surface area contributed by atoms with Gasteiger partial charge in [0.15, 0.2) is 0 Å². The van der Waals surface area contributed by atoms with E-state index >= 15 is 0 Å². The lowest BCUT2D eigenvalue weighted by atomic mass is 10.4. The Bertz CT molecular complexity index is 527. The van der Waals surface area contributed by atoms with Crippen LogP contribution in [0.15, 0.2) is 39.6 Å². The third-order valence-electron chi connectivity index (χ3n) is 2.34. The first-order chi connectivity index (χ1) is 8.69. The van der Waals surface area contributed by atoms with Gasteiger partial charge in [0.1, 0.15) is 11.5 Å². The summed E-state index contributed by atoms with van der Waals surface area (Å²) in [6, 6.07) is 9.61. The standard InChI is InChI=1S/C13H13Cl2NOS/c1-16-7-9-2-3-10(17-9)8-18-11-4-5-12(14)13(15)6-11/h2-6,16H,7-8H2,1H3. The van der Waals surface area contributed by atoms with Crippen LogP contribution in [0.25, 0.3) is 0 Å². The monoisotopic (exact) mass is 301 g/mol. The minimum atomic E-state index is 0.579. The highest BCUT2D eigenvalue weighted by molar-refractivity contribution is 7.98. The van der Waals surface area contributed by atoms with Gasteiger partial charge in [-0.05, 0) is 37.4 Å². The number of thioether (sulfide) groups is 1. The molecular formula is C13H13Cl2NOS. The number of furan rings is 1. The van der Waals surface area contributed by atoms with E-state index in [9.17, 15) is 0 Å². The van der Waals surface area contributed by atoms with Crippen LogP contribution in [0.3, 0.4) is 0 Å². The molecule has 0 saturated heterocycles. The van der Waals surface area contributed by atoms with Gasteiger partial charge in [0.2, 0.25) is 0 Å². The van der Waals surface area contributed by atoms with Crippen molar-refractivity contribution in [3.63, 3.8) is 0 Å². The first-order valence-corrected chi connectivity index (χ1v) is 7.23. The van der Waals surface area contributed by atoms with Crippen molar-refractivity contribution in [1.29, 1.82) is 0 Å². The average Bonchev–Trinajstić information content (AvgIpc) is 2.79. The molecule has 0 aliphatic rings. The zero-order valence-corrected chi connectivity index (χ0v) is 12.2. The van der Waals surface area contributed by atoms with Gasteiger partial charge in [-0.1, -0.05) is 23.2 Å². The fraction of sp³-hybridized carbons (Fsp3) is 0.231. The van der Waals surface area contributed by atoms with Crippen LogP contribution in [0.1, 0.15) is 11.5 Å². The summed E-state index contributed by atoms with van der Waals surface area (Å²) in [5.41, 5.74) is 0. The van der Waals surface area contributed by atoms with Crippen LogP contribution >= 0.6 is 35.0 Å². The summed E-state index contributed by atoms with van der Waals surface area (Å²) in [5, 5.41) is 4.21. The smallest absolute Gasteiger partial charge is 0.117 e. The molecule has 2 rings (SSSR count). The number of hydrogen-bond donors (Lipinski definition) is 1. The Morgan fingerprint density at radius 1 is 1.11 bits per heavy atom. The molecule has 0 spiro atoms. The Labute approximate surface area is 121 Å². The van der Waals surface area contributed by atoms with Crippen molar-refractivity contribution in [1.82, 2.24) is 5.32 Å². The maximum atomic E-state index is 5.96. The predicted molar refractivity (Wildman–Crippen MR) is 77.5 cm³/mol. The Hall–Kier alpha value is -0.610. The average molecular weight is 302 g/mol. The van der Waals surface area contributed by atoms with Crippen molar-refractivity contribution in [3.05, 3.63) is 51.9 Å². The summed E-state index contributed by atoms with van der Waals surface area (Å²) in [4.78, 5) is 1.08. The SMILES string of the molecule is CNCc1ccc(CSc2ccc(Cl)c(Cl)c2)o1. The molecule has 0 aliphatic carbocycles. The summed E-state index contributed by atoms with van der Waals surface area (Å²) in [6.07, 6.45) is 0. The van der Waals surface area contributed by atoms with Crippen molar-refractivity contribution in [2.75, 3.05) is 7.05 Å². The molecule has 2 aromatic rings. The maximum Gasteiger partial charge on any atom is 0.117 e. The summed E-state index contributed by atoms with van der Waals surface area (Å²) in [6.45, 7) is 0.747. The highest BCUT2D eigenvalue weighted by Gasteiger charge is 2.04. The van der Waals surface area contributed by atoms with E-state index in [1.807, 2.05) is 31.3 Å². The molecule has 18 heavy (non-hydrogen) atoms. The van der Waals surface area contributed by atoms with Crippen LogP contribution < -0.4 is 5.32 Å². The third kappa shape index (κ3) is 3.69. The summed E-state index contributed by atoms with van der Waals surface area (Å²) in [5.74, 6) is 2.68. The van der Waals surface area contributed by atoms with E-state index in [0.29, 0.717) is 10.0 Å². The number of rotatable bonds is 5. The minimum Gasteiger partial charge on any atom is -0.464 e. The zero-order chi connectivity index (χ0) is 13.0. The van der Waals surface area contributed by atoms with Gasteiger partial charge >= 0.3 is 0 Å². The second-order valence-corrected chi connectivity index (χ2v) is 5.63. The normalized spacial score (nSPS) is 10.8. The lowest BCUT2D eigenvalue weighted by Gasteiger charge is -2.01. The van der Waals surface area contributed by atoms with Gasteiger partial charge < -0.3 is 9.73 Å². The molecular weight excluding hydrogens is 289 g/mol. The van der Waals surface area contributed by atoms with Crippen molar-refractivity contribution in [3.8, 4) is 0 Å². The molecule has 0 saturated carbocycles. The first kappa shape index (κ1) is 13.8. The molecule has 0 unspecified atom stereocenters. The van der Waals surface area contributed by atoms with Gasteiger partial charge in [0.25, 0.3) is 0 Å². The van der Waals surface area contributed by atoms with Crippen LogP contribution in [0.5, 0.6) is 0 Å². The lowest BCUT2D eigenvalue weighted by Crippen LogP contribution is -2.03. The summed E-state index contributed by atoms with van der Waals surface area (Å²) in [7, 11) is 1.90. The van der Waals surface area contributed by atoms with Gasteiger partial charge in [0, 0.05) is 4.90 Å². The third-order valence-corrected chi connectivity index (χ3v) is 4.10. The van der Waals surface area contributed by atoms with E-state index < -0.39 is 0 Å². The highest BCUT2D eigenvalue weighted by Crippen LogP contribution is 2.30. The van der Waals surface area contributed by atoms with E-state index in [1.54, 1.807) is 17.8 Å². The molecule has 1 N–H and O–H groups in total. The number of nitrogens with one attached hydrogen (secondary N) is 1. The molecule has 96 valence electrons. The van der Waals surface area contributed by atoms with E-state index in [1.165, 1.54) is 0 Å². The maximum absolute atomic E-state index is 5.96. The fourth-order valence-electron chi connectivity index (χ4n) is 1.49. The van der Waals surface area contributed by atoms with Gasteiger partial charge in [-0.25, -0.2) is 0 Å². The summed E-state index contributed by atoms with van der Waals surface area (Å²) >= 11 is 13.5. The fourth-order valence-corrected chi connectivity index (χ4v) is 2.68. The highest BCUT2D eigenvalue weighted by atomic mass is 35.5. The van der Waals surface area contributed by atoms with Crippen molar-refractivity contribution in [2.45, 2.75) is 17.2 Å². The molecule has 5 heteroatoms. The van der Waals surface area contributed by atoms with Gasteiger partial charge in [-0.3, -0.25) is 0 Å². The second kappa shape index (κ2) is 6.53. The van der Waals surface area contributed by atoms with Gasteiger partial charge in [-0.2, -0.15) is 0 Å². The van der Waals surface area contributed by atoms with Crippen LogP contribution in [0.2, 0.25) is 10.0 Å². The number of halogens is 2. The zero-order valence-electron chi connectivity index (χ0n) is 9.87. The van der Waals surface area contributed by atoms with E-state index in [2.05, 4.69) is 5.32 Å². The Kier molecular flexibility index (Phi) is 5.01. The van der Waals surface area contributed by atoms with E-state index in [0.717, 1.165) is 28.7 Å². The van der Waals surface area contributed by atoms with Crippen LogP contribution in [0.4, 0.5) is 0 Å². The second-order valence-electron chi connectivity index (χ2n) is 3.76. The van der Waals surface area contributed by atoms with Crippen LogP contribution in [0, 0.1) is 0 Å². The van der Waals surface area contributed by atoms with Crippen molar-refractivity contribution < 1.29 is 4.42 Å². The quantitative estimate of drug-likeness (QED) is 0.817. The predicted octanol–water partition coefficient (Wildman–Crippen LogP) is 4.60. The Morgan fingerprint density at radius 2 is 1.89 bits per heavy atom. The van der Waals surface area contributed by atoms with Gasteiger partial charge in [0.05, 0.1) is 22.3 Å². The lowest BCUT2D eigenvalue weighted by molar-refractivity contribution is 0.469. The van der Waals surface area contributed by atoms with Crippen molar-refractivity contribution in [2.24, 2.45) is 0 Å². The Balaban J connectivity index is 1.95. The van der Waals surface area contributed by atoms with Crippen LogP contribution in [-0.2, 0) is 12.3 Å². The molecule has 0 bridgehead atoms. The van der Waals surface area contributed by atoms with Gasteiger partial charge in [-0.15, -0.1) is 11.8 Å². The molecule has 1 aromatic carbocycles. The Morgan fingerprint density at radius 3 is 2.61 bits per heavy atom. The molecule has 0 amide bonds. The molecule has 1 aromatic heterocycles. The van der Waals surface area contributed by atoms with E-state index in [4.69, 9.17) is 27.6 Å². The number of hydrogen-bond acceptors (Lipinski definition) is 3. The molecule has 0 atom stereocenters. The minimum absolute atomic E-state index is 0.579. The number of benzene rings is 1. The molecule has 0 radical (unpaired) electrons. The molecule has 0 aliphatic heterocycles. The largest absolute Gasteiger partial charge is 0.464 e. The molecule has 1 heterocycles. The van der Waals surface area contributed by atoms with Crippen LogP contribution in [-0.4, -0.2) is 7.05 Å². The molecule has 0 fully saturated rings. The topological polar surface area (TPSA) is 25.2 Å². The summed E-state index contributed by atoms with van der Waals surface area (Å²) < 4.78 is 5.66. The van der Waals surface area contributed by atoms with Crippen molar-refractivity contribution >= 4 is 35.0 Å². The molecule has 2 nitrogen and oxygen atoms in total. The first-order valence-electron chi connectivity index (χ1n) is 5.49. The van der Waals surface area contributed by atoms with E-state index in [-0.39, 0.29) is 0 Å².